The summed E-state index contributed by atoms with van der Waals surface area (Å²) in [5.41, 5.74) is 7.67. The highest BCUT2D eigenvalue weighted by molar-refractivity contribution is 5.90. The van der Waals surface area contributed by atoms with E-state index in [0.717, 1.165) is 33.2 Å². The van der Waals surface area contributed by atoms with Gasteiger partial charge in [0.15, 0.2) is 0 Å². The Morgan fingerprint density at radius 2 is 1.32 bits per heavy atom. The van der Waals surface area contributed by atoms with E-state index >= 15 is 0 Å². The largest absolute Gasteiger partial charge is 0.508 e. The maximum Gasteiger partial charge on any atom is 0.121 e. The van der Waals surface area contributed by atoms with Crippen molar-refractivity contribution in [1.29, 1.82) is 0 Å². The van der Waals surface area contributed by atoms with Crippen LogP contribution in [0.5, 0.6) is 5.75 Å². The molecule has 0 fully saturated rings. The van der Waals surface area contributed by atoms with Gasteiger partial charge in [-0.2, -0.15) is 0 Å². The molecular weight excluding hydrogens is 236 g/mol. The van der Waals surface area contributed by atoms with Gasteiger partial charge >= 0.3 is 0 Å². The minimum atomic E-state index is 0.280. The number of phenols is 1. The van der Waals surface area contributed by atoms with Gasteiger partial charge in [-0.15, -0.1) is 0 Å². The summed E-state index contributed by atoms with van der Waals surface area (Å²) in [5.74, 6) is 0.280. The third-order valence-corrected chi connectivity index (χ3v) is 3.88. The van der Waals surface area contributed by atoms with E-state index < -0.39 is 0 Å². The van der Waals surface area contributed by atoms with E-state index in [0.29, 0.717) is 0 Å². The Bertz CT molecular complexity index is 822. The smallest absolute Gasteiger partial charge is 0.121 e. The van der Waals surface area contributed by atoms with Gasteiger partial charge < -0.3 is 5.11 Å². The van der Waals surface area contributed by atoms with Gasteiger partial charge in [-0.05, 0) is 62.1 Å². The number of hydrogen-bond donors (Lipinski definition) is 1. The van der Waals surface area contributed by atoms with Crippen molar-refractivity contribution in [1.82, 2.24) is 9.97 Å². The van der Waals surface area contributed by atoms with Gasteiger partial charge in [0.25, 0.3) is 0 Å². The zero-order valence-electron chi connectivity index (χ0n) is 11.6. The van der Waals surface area contributed by atoms with Crippen molar-refractivity contribution in [2.75, 3.05) is 0 Å². The Hall–Kier alpha value is -2.16. The molecule has 0 atom stereocenters. The fourth-order valence-corrected chi connectivity index (χ4v) is 2.31. The van der Waals surface area contributed by atoms with E-state index in [-0.39, 0.29) is 5.75 Å². The molecule has 0 aliphatic carbocycles. The minimum absolute atomic E-state index is 0.280. The second-order valence-corrected chi connectivity index (χ2v) is 5.16. The van der Waals surface area contributed by atoms with Crippen LogP contribution in [0.15, 0.2) is 18.2 Å². The maximum atomic E-state index is 9.90. The maximum absolute atomic E-state index is 9.90. The van der Waals surface area contributed by atoms with Crippen molar-refractivity contribution in [2.45, 2.75) is 27.7 Å². The van der Waals surface area contributed by atoms with Crippen LogP contribution in [-0.4, -0.2) is 15.1 Å². The van der Waals surface area contributed by atoms with Crippen LogP contribution in [0.3, 0.4) is 0 Å². The average molecular weight is 252 g/mol. The molecule has 0 saturated carbocycles. The predicted octanol–water partition coefficient (Wildman–Crippen LogP) is 3.72. The van der Waals surface area contributed by atoms with Gasteiger partial charge in [0.05, 0.1) is 22.1 Å². The first-order valence-corrected chi connectivity index (χ1v) is 6.35. The van der Waals surface area contributed by atoms with Gasteiger partial charge in [-0.25, -0.2) is 9.97 Å². The molecule has 19 heavy (non-hydrogen) atoms. The molecule has 0 bridgehead atoms. The highest BCUT2D eigenvalue weighted by atomic mass is 16.3. The highest BCUT2D eigenvalue weighted by Gasteiger charge is 2.10. The van der Waals surface area contributed by atoms with Gasteiger partial charge in [0.2, 0.25) is 0 Å². The second kappa shape index (κ2) is 3.92. The summed E-state index contributed by atoms with van der Waals surface area (Å²) >= 11 is 0. The molecule has 2 aromatic carbocycles. The van der Waals surface area contributed by atoms with Crippen molar-refractivity contribution >= 4 is 22.1 Å². The van der Waals surface area contributed by atoms with E-state index in [9.17, 15) is 5.11 Å². The molecule has 1 aromatic heterocycles. The van der Waals surface area contributed by atoms with Crippen molar-refractivity contribution in [3.05, 3.63) is 40.5 Å². The highest BCUT2D eigenvalue weighted by Crippen LogP contribution is 2.28. The molecule has 0 amide bonds. The number of aromatic nitrogens is 2. The van der Waals surface area contributed by atoms with Crippen molar-refractivity contribution in [3.63, 3.8) is 0 Å². The summed E-state index contributed by atoms with van der Waals surface area (Å²) in [7, 11) is 0. The number of benzene rings is 2. The van der Waals surface area contributed by atoms with Crippen molar-refractivity contribution < 1.29 is 5.11 Å². The molecule has 0 aliphatic rings. The quantitative estimate of drug-likeness (QED) is 0.620. The second-order valence-electron chi connectivity index (χ2n) is 5.16. The SMILES string of the molecule is Cc1cc2nc3cc(O)c(C)c(C)c3nc2cc1C. The van der Waals surface area contributed by atoms with E-state index in [4.69, 9.17) is 4.98 Å². The Morgan fingerprint density at radius 3 is 1.95 bits per heavy atom. The molecule has 0 unspecified atom stereocenters. The Balaban J connectivity index is 2.48. The molecule has 96 valence electrons. The number of hydrogen-bond acceptors (Lipinski definition) is 3. The molecule has 1 N–H and O–H groups in total. The van der Waals surface area contributed by atoms with E-state index in [1.807, 2.05) is 19.9 Å². The number of aryl methyl sites for hydroxylation is 3. The van der Waals surface area contributed by atoms with E-state index in [1.54, 1.807) is 6.07 Å². The summed E-state index contributed by atoms with van der Waals surface area (Å²) < 4.78 is 0. The standard InChI is InChI=1S/C16H16N2O/c1-8-5-12-13(6-9(8)2)18-16-11(4)10(3)15(19)7-14(16)17-12/h5-7,19H,1-4H3. The molecule has 3 heteroatoms. The molecule has 0 radical (unpaired) electrons. The lowest BCUT2D eigenvalue weighted by atomic mass is 10.1. The number of phenolic OH excluding ortho intramolecular Hbond substituents is 1. The van der Waals surface area contributed by atoms with Crippen molar-refractivity contribution in [2.24, 2.45) is 0 Å². The fourth-order valence-electron chi connectivity index (χ4n) is 2.31. The lowest BCUT2D eigenvalue weighted by Gasteiger charge is -2.09. The van der Waals surface area contributed by atoms with Crippen LogP contribution < -0.4 is 0 Å². The average Bonchev–Trinajstić information content (AvgIpc) is 2.37. The minimum Gasteiger partial charge on any atom is -0.508 e. The monoisotopic (exact) mass is 252 g/mol. The van der Waals surface area contributed by atoms with Gasteiger partial charge in [0, 0.05) is 6.07 Å². The normalized spacial score (nSPS) is 11.4. The first-order chi connectivity index (χ1) is 8.97. The summed E-state index contributed by atoms with van der Waals surface area (Å²) in [6.45, 7) is 8.02. The summed E-state index contributed by atoms with van der Waals surface area (Å²) in [6, 6.07) is 5.81. The summed E-state index contributed by atoms with van der Waals surface area (Å²) in [5, 5.41) is 9.90. The Labute approximate surface area is 111 Å². The number of nitrogens with zero attached hydrogens (tertiary/aromatic N) is 2. The van der Waals surface area contributed by atoms with Crippen LogP contribution in [0.25, 0.3) is 22.1 Å². The van der Waals surface area contributed by atoms with Gasteiger partial charge in [-0.3, -0.25) is 0 Å². The summed E-state index contributed by atoms with van der Waals surface area (Å²) in [4.78, 5) is 9.33. The third-order valence-electron chi connectivity index (χ3n) is 3.88. The first kappa shape index (κ1) is 11.9. The number of aromatic hydroxyl groups is 1. The molecule has 1 heterocycles. The van der Waals surface area contributed by atoms with E-state index in [2.05, 4.69) is 24.9 Å². The van der Waals surface area contributed by atoms with Crippen LogP contribution in [0.1, 0.15) is 22.3 Å². The van der Waals surface area contributed by atoms with Crippen molar-refractivity contribution in [3.8, 4) is 5.75 Å². The number of rotatable bonds is 0. The van der Waals surface area contributed by atoms with Gasteiger partial charge in [-0.1, -0.05) is 0 Å². The molecular formula is C16H16N2O. The Morgan fingerprint density at radius 1 is 0.737 bits per heavy atom. The number of fused-ring (bicyclic) bond motifs is 2. The van der Waals surface area contributed by atoms with Crippen LogP contribution in [0.2, 0.25) is 0 Å². The van der Waals surface area contributed by atoms with Crippen LogP contribution >= 0.6 is 0 Å². The fraction of sp³-hybridized carbons (Fsp3) is 0.250. The molecule has 3 nitrogen and oxygen atoms in total. The third kappa shape index (κ3) is 1.73. The summed E-state index contributed by atoms with van der Waals surface area (Å²) in [6.07, 6.45) is 0. The molecule has 3 rings (SSSR count). The predicted molar refractivity (Wildman–Crippen MR) is 77.7 cm³/mol. The zero-order chi connectivity index (χ0) is 13.7. The molecule has 0 aliphatic heterocycles. The van der Waals surface area contributed by atoms with Crippen LogP contribution in [0.4, 0.5) is 0 Å². The van der Waals surface area contributed by atoms with Crippen LogP contribution in [0, 0.1) is 27.7 Å². The van der Waals surface area contributed by atoms with Gasteiger partial charge in [0.1, 0.15) is 5.75 Å². The Kier molecular flexibility index (Phi) is 2.45. The zero-order valence-corrected chi connectivity index (χ0v) is 11.6. The van der Waals surface area contributed by atoms with Crippen LogP contribution in [-0.2, 0) is 0 Å². The topological polar surface area (TPSA) is 46.0 Å². The first-order valence-electron chi connectivity index (χ1n) is 6.35. The molecule has 0 saturated heterocycles. The molecule has 3 aromatic rings. The lowest BCUT2D eigenvalue weighted by molar-refractivity contribution is 0.471. The molecule has 0 spiro atoms. The van der Waals surface area contributed by atoms with E-state index in [1.165, 1.54) is 11.1 Å². The lowest BCUT2D eigenvalue weighted by Crippen LogP contribution is -1.94.